The fraction of sp³-hybridized carbons (Fsp3) is 0.250. The van der Waals surface area contributed by atoms with Gasteiger partial charge in [-0.25, -0.2) is 4.79 Å². The normalized spacial score (nSPS) is 12.4. The monoisotopic (exact) mass is 372 g/mol. The van der Waals surface area contributed by atoms with Gasteiger partial charge in [0, 0.05) is 4.88 Å². The number of ether oxygens (including phenoxy) is 1. The number of benzene rings is 1. The molecule has 1 heterocycles. The smallest absolute Gasteiger partial charge is 0.416 e. The molecular weight excluding hydrogens is 357 g/mol. The van der Waals surface area contributed by atoms with Crippen molar-refractivity contribution in [1.29, 1.82) is 0 Å². The maximum Gasteiger partial charge on any atom is 0.416 e. The minimum atomic E-state index is -4.41. The summed E-state index contributed by atoms with van der Waals surface area (Å²) in [7, 11) is 0. The molecule has 1 aromatic heterocycles. The van der Waals surface area contributed by atoms with E-state index in [0.717, 1.165) is 17.0 Å². The highest BCUT2D eigenvalue weighted by molar-refractivity contribution is 7.10. The van der Waals surface area contributed by atoms with Gasteiger partial charge in [-0.05, 0) is 29.1 Å². The number of thiophene rings is 1. The second-order valence-corrected chi connectivity index (χ2v) is 6.12. The minimum absolute atomic E-state index is 0.135. The zero-order valence-electron chi connectivity index (χ0n) is 12.9. The Kier molecular flexibility index (Phi) is 6.02. The molecule has 2 rings (SSSR count). The van der Waals surface area contributed by atoms with Crippen LogP contribution in [0.5, 0.6) is 0 Å². The molecule has 0 aliphatic carbocycles. The number of rotatable bonds is 6. The second-order valence-electron chi connectivity index (χ2n) is 5.14. The summed E-state index contributed by atoms with van der Waals surface area (Å²) in [6.45, 7) is -0.162. The molecule has 25 heavy (non-hydrogen) atoms. The van der Waals surface area contributed by atoms with E-state index in [1.807, 2.05) is 0 Å². The number of nitrogens with two attached hydrogens (primary N) is 1. The van der Waals surface area contributed by atoms with Crippen molar-refractivity contribution in [3.05, 3.63) is 57.8 Å². The van der Waals surface area contributed by atoms with Crippen LogP contribution in [0.15, 0.2) is 41.8 Å². The van der Waals surface area contributed by atoms with Gasteiger partial charge in [-0.2, -0.15) is 13.2 Å². The van der Waals surface area contributed by atoms with Gasteiger partial charge >= 0.3 is 18.2 Å². The Morgan fingerprint density at radius 1 is 1.20 bits per heavy atom. The molecule has 0 spiro atoms. The summed E-state index contributed by atoms with van der Waals surface area (Å²) in [6.07, 6.45) is -4.55. The maximum absolute atomic E-state index is 12.5. The molecule has 0 aliphatic rings. The third kappa shape index (κ3) is 5.79. The number of carbonyl (C=O) groups is 2. The first-order valence-corrected chi connectivity index (χ1v) is 8.05. The standard InChI is InChI=1S/C16H15F3N2O3S/c17-16(18,19)11-5-3-10(4-6-11)9-24-14(22)8-12(21-15(20)23)13-2-1-7-25-13/h1-7,12H,8-9H2,(H3,20,21,23)/t12-/m1/s1. The summed E-state index contributed by atoms with van der Waals surface area (Å²) in [5.74, 6) is -0.605. The summed E-state index contributed by atoms with van der Waals surface area (Å²) in [5, 5.41) is 4.25. The predicted octanol–water partition coefficient (Wildman–Crippen LogP) is 3.61. The lowest BCUT2D eigenvalue weighted by Gasteiger charge is -2.15. The van der Waals surface area contributed by atoms with Crippen LogP contribution in [0.3, 0.4) is 0 Å². The summed E-state index contributed by atoms with van der Waals surface area (Å²) >= 11 is 1.35. The number of hydrogen-bond acceptors (Lipinski definition) is 4. The van der Waals surface area contributed by atoms with E-state index in [1.54, 1.807) is 17.5 Å². The molecule has 0 aliphatic heterocycles. The average molecular weight is 372 g/mol. The van der Waals surface area contributed by atoms with E-state index in [4.69, 9.17) is 10.5 Å². The van der Waals surface area contributed by atoms with Crippen molar-refractivity contribution in [2.24, 2.45) is 5.73 Å². The molecule has 1 aromatic carbocycles. The average Bonchev–Trinajstić information content (AvgIpc) is 3.06. The van der Waals surface area contributed by atoms with E-state index >= 15 is 0 Å². The highest BCUT2D eigenvalue weighted by atomic mass is 32.1. The van der Waals surface area contributed by atoms with Gasteiger partial charge in [-0.3, -0.25) is 4.79 Å². The molecule has 9 heteroatoms. The van der Waals surface area contributed by atoms with E-state index in [9.17, 15) is 22.8 Å². The Morgan fingerprint density at radius 2 is 1.88 bits per heavy atom. The zero-order chi connectivity index (χ0) is 18.4. The third-order valence-corrected chi connectivity index (χ3v) is 4.24. The van der Waals surface area contributed by atoms with Crippen molar-refractivity contribution in [2.45, 2.75) is 25.2 Å². The molecule has 1 atom stereocenters. The van der Waals surface area contributed by atoms with Crippen LogP contribution in [0.2, 0.25) is 0 Å². The van der Waals surface area contributed by atoms with Gasteiger partial charge in [0.25, 0.3) is 0 Å². The Hall–Kier alpha value is -2.55. The van der Waals surface area contributed by atoms with Crippen LogP contribution in [0.25, 0.3) is 0 Å². The fourth-order valence-corrected chi connectivity index (χ4v) is 2.84. The topological polar surface area (TPSA) is 81.4 Å². The lowest BCUT2D eigenvalue weighted by molar-refractivity contribution is -0.145. The van der Waals surface area contributed by atoms with Crippen LogP contribution in [0, 0.1) is 0 Å². The molecule has 0 fully saturated rings. The molecule has 0 radical (unpaired) electrons. The maximum atomic E-state index is 12.5. The van der Waals surface area contributed by atoms with Crippen molar-refractivity contribution in [2.75, 3.05) is 0 Å². The largest absolute Gasteiger partial charge is 0.461 e. The molecule has 0 bridgehead atoms. The van der Waals surface area contributed by atoms with Crippen LogP contribution in [-0.4, -0.2) is 12.0 Å². The van der Waals surface area contributed by atoms with Gasteiger partial charge in [-0.1, -0.05) is 18.2 Å². The van der Waals surface area contributed by atoms with Gasteiger partial charge < -0.3 is 15.8 Å². The van der Waals surface area contributed by atoms with Crippen LogP contribution >= 0.6 is 11.3 Å². The predicted molar refractivity (Wildman–Crippen MR) is 85.6 cm³/mol. The molecular formula is C16H15F3N2O3S. The summed E-state index contributed by atoms with van der Waals surface area (Å²) < 4.78 is 42.5. The van der Waals surface area contributed by atoms with Gasteiger partial charge in [0.2, 0.25) is 0 Å². The van der Waals surface area contributed by atoms with Gasteiger partial charge in [0.05, 0.1) is 18.0 Å². The molecule has 3 N–H and O–H groups in total. The number of esters is 1. The SMILES string of the molecule is NC(=O)N[C@H](CC(=O)OCc1ccc(C(F)(F)F)cc1)c1cccs1. The Balaban J connectivity index is 1.91. The third-order valence-electron chi connectivity index (χ3n) is 3.25. The first kappa shape index (κ1) is 18.8. The van der Waals surface area contributed by atoms with Gasteiger partial charge in [-0.15, -0.1) is 11.3 Å². The van der Waals surface area contributed by atoms with Crippen LogP contribution in [0.1, 0.15) is 28.5 Å². The molecule has 2 amide bonds. The highest BCUT2D eigenvalue weighted by Gasteiger charge is 2.30. The Bertz CT molecular complexity index is 715. The first-order valence-electron chi connectivity index (χ1n) is 7.17. The lowest BCUT2D eigenvalue weighted by Crippen LogP contribution is -2.34. The summed E-state index contributed by atoms with van der Waals surface area (Å²) in [5.41, 5.74) is 4.76. The van der Waals surface area contributed by atoms with Crippen LogP contribution in [0.4, 0.5) is 18.0 Å². The molecule has 0 saturated carbocycles. The number of hydrogen-bond donors (Lipinski definition) is 2. The highest BCUT2D eigenvalue weighted by Crippen LogP contribution is 2.29. The molecule has 134 valence electrons. The Labute approximate surface area is 145 Å². The van der Waals surface area contributed by atoms with E-state index in [1.165, 1.54) is 23.5 Å². The molecule has 5 nitrogen and oxygen atoms in total. The minimum Gasteiger partial charge on any atom is -0.461 e. The van der Waals surface area contributed by atoms with Crippen LogP contribution in [-0.2, 0) is 22.3 Å². The summed E-state index contributed by atoms with van der Waals surface area (Å²) in [6, 6.07) is 6.46. The van der Waals surface area contributed by atoms with Gasteiger partial charge in [0.1, 0.15) is 6.61 Å². The molecule has 0 saturated heterocycles. The fourth-order valence-electron chi connectivity index (χ4n) is 2.06. The van der Waals surface area contributed by atoms with E-state index < -0.39 is 29.8 Å². The molecule has 0 unspecified atom stereocenters. The zero-order valence-corrected chi connectivity index (χ0v) is 13.7. The lowest BCUT2D eigenvalue weighted by atomic mass is 10.1. The van der Waals surface area contributed by atoms with Crippen molar-refractivity contribution >= 4 is 23.3 Å². The van der Waals surface area contributed by atoms with Gasteiger partial charge in [0.15, 0.2) is 0 Å². The number of alkyl halides is 3. The van der Waals surface area contributed by atoms with E-state index in [0.29, 0.717) is 5.56 Å². The second kappa shape index (κ2) is 8.02. The summed E-state index contributed by atoms with van der Waals surface area (Å²) in [4.78, 5) is 23.7. The van der Waals surface area contributed by atoms with E-state index in [2.05, 4.69) is 5.32 Å². The quantitative estimate of drug-likeness (QED) is 0.760. The van der Waals surface area contributed by atoms with E-state index in [-0.39, 0.29) is 13.0 Å². The first-order chi connectivity index (χ1) is 11.8. The number of amides is 2. The van der Waals surface area contributed by atoms with Crippen molar-refractivity contribution < 1.29 is 27.5 Å². The van der Waals surface area contributed by atoms with Crippen LogP contribution < -0.4 is 11.1 Å². The Morgan fingerprint density at radius 3 is 2.40 bits per heavy atom. The van der Waals surface area contributed by atoms with Crippen molar-refractivity contribution in [3.8, 4) is 0 Å². The number of halogens is 3. The molecule has 2 aromatic rings. The van der Waals surface area contributed by atoms with Crippen molar-refractivity contribution in [1.82, 2.24) is 5.32 Å². The number of nitrogens with one attached hydrogen (secondary N) is 1. The number of carbonyl (C=O) groups excluding carboxylic acids is 2. The van der Waals surface area contributed by atoms with Crippen molar-refractivity contribution in [3.63, 3.8) is 0 Å². The number of urea groups is 1. The number of primary amides is 1.